The fraction of sp³-hybridized carbons (Fsp3) is 0.400. The zero-order valence-electron chi connectivity index (χ0n) is 12.4. The van der Waals surface area contributed by atoms with Crippen LogP contribution in [0.25, 0.3) is 10.9 Å². The molecule has 6 nitrogen and oxygen atoms in total. The van der Waals surface area contributed by atoms with Crippen LogP contribution in [0.1, 0.15) is 22.5 Å². The Morgan fingerprint density at radius 2 is 2.14 bits per heavy atom. The van der Waals surface area contributed by atoms with Crippen molar-refractivity contribution in [3.63, 3.8) is 0 Å². The average molecular weight is 321 g/mol. The van der Waals surface area contributed by atoms with Gasteiger partial charge in [0, 0.05) is 24.0 Å². The van der Waals surface area contributed by atoms with Crippen molar-refractivity contribution in [3.8, 4) is 0 Å². The van der Waals surface area contributed by atoms with Crippen molar-refractivity contribution in [2.24, 2.45) is 11.1 Å². The molecular formula is C15H19N3O3S. The lowest BCUT2D eigenvalue weighted by molar-refractivity contribution is 0.0782. The number of nitrogens with two attached hydrogens (primary N) is 1. The van der Waals surface area contributed by atoms with E-state index in [9.17, 15) is 13.2 Å². The summed E-state index contributed by atoms with van der Waals surface area (Å²) < 4.78 is 22.3. The summed E-state index contributed by atoms with van der Waals surface area (Å²) in [6.45, 7) is 2.92. The second-order valence-corrected chi connectivity index (χ2v) is 7.57. The number of amides is 1. The number of aromatic nitrogens is 1. The molecule has 3 N–H and O–H groups in total. The number of benzene rings is 1. The minimum Gasteiger partial charge on any atom is -0.350 e. The summed E-state index contributed by atoms with van der Waals surface area (Å²) in [6.07, 6.45) is 0.668. The van der Waals surface area contributed by atoms with E-state index in [4.69, 9.17) is 5.14 Å². The maximum Gasteiger partial charge on any atom is 0.270 e. The standard InChI is InChI=1S/C15H19N3O3S/c1-10-12-4-2-3-5-13(12)17-14(10)15(19)18-7-6-11(8-18)9-22(16,20)21/h2-5,11,17H,6-9H2,1H3,(H2,16,20,21)/t11-/m1/s1. The molecule has 1 fully saturated rings. The van der Waals surface area contributed by atoms with E-state index in [-0.39, 0.29) is 17.6 Å². The van der Waals surface area contributed by atoms with Gasteiger partial charge < -0.3 is 9.88 Å². The Balaban J connectivity index is 1.81. The summed E-state index contributed by atoms with van der Waals surface area (Å²) in [7, 11) is -3.50. The van der Waals surface area contributed by atoms with Gasteiger partial charge in [0.1, 0.15) is 5.69 Å². The molecule has 0 saturated carbocycles. The number of fused-ring (bicyclic) bond motifs is 1. The van der Waals surface area contributed by atoms with Gasteiger partial charge in [0.05, 0.1) is 5.75 Å². The molecule has 0 unspecified atom stereocenters. The van der Waals surface area contributed by atoms with Crippen LogP contribution >= 0.6 is 0 Å². The first kappa shape index (κ1) is 15.1. The van der Waals surface area contributed by atoms with Gasteiger partial charge in [0.15, 0.2) is 0 Å². The lowest BCUT2D eigenvalue weighted by atomic mass is 10.1. The van der Waals surface area contributed by atoms with Gasteiger partial charge >= 0.3 is 0 Å². The van der Waals surface area contributed by atoms with E-state index in [0.717, 1.165) is 16.5 Å². The largest absolute Gasteiger partial charge is 0.350 e. The molecule has 22 heavy (non-hydrogen) atoms. The number of para-hydroxylation sites is 1. The molecule has 1 aromatic carbocycles. The highest BCUT2D eigenvalue weighted by Crippen LogP contribution is 2.25. The second kappa shape index (κ2) is 5.40. The summed E-state index contributed by atoms with van der Waals surface area (Å²) in [4.78, 5) is 17.5. The van der Waals surface area contributed by atoms with Crippen LogP contribution in [0, 0.1) is 12.8 Å². The molecule has 1 saturated heterocycles. The van der Waals surface area contributed by atoms with E-state index in [1.54, 1.807) is 4.90 Å². The van der Waals surface area contributed by atoms with Crippen LogP contribution in [0.15, 0.2) is 24.3 Å². The first-order chi connectivity index (χ1) is 10.3. The number of hydrogen-bond donors (Lipinski definition) is 2. The van der Waals surface area contributed by atoms with Gasteiger partial charge in [-0.15, -0.1) is 0 Å². The predicted molar refractivity (Wildman–Crippen MR) is 85.0 cm³/mol. The highest BCUT2D eigenvalue weighted by molar-refractivity contribution is 7.89. The summed E-state index contributed by atoms with van der Waals surface area (Å²) in [5.41, 5.74) is 2.44. The molecule has 0 spiro atoms. The SMILES string of the molecule is Cc1c(C(=O)N2CC[C@@H](CS(N)(=O)=O)C2)[nH]c2ccccc12. The minimum absolute atomic E-state index is 0.0670. The van der Waals surface area contributed by atoms with Gasteiger partial charge in [0.25, 0.3) is 5.91 Å². The number of likely N-dealkylation sites (tertiary alicyclic amines) is 1. The molecule has 1 atom stereocenters. The van der Waals surface area contributed by atoms with Crippen molar-refractivity contribution < 1.29 is 13.2 Å². The van der Waals surface area contributed by atoms with Crippen molar-refractivity contribution in [1.29, 1.82) is 0 Å². The fourth-order valence-electron chi connectivity index (χ4n) is 3.14. The van der Waals surface area contributed by atoms with Crippen LogP contribution < -0.4 is 5.14 Å². The van der Waals surface area contributed by atoms with Crippen molar-refractivity contribution in [2.45, 2.75) is 13.3 Å². The number of aryl methyl sites for hydroxylation is 1. The molecular weight excluding hydrogens is 302 g/mol. The number of H-pyrrole nitrogens is 1. The normalized spacial score (nSPS) is 19.0. The molecule has 0 aliphatic carbocycles. The Labute approximate surface area is 129 Å². The Bertz CT molecular complexity index is 826. The summed E-state index contributed by atoms with van der Waals surface area (Å²) in [6, 6.07) is 7.78. The maximum absolute atomic E-state index is 12.7. The van der Waals surface area contributed by atoms with Gasteiger partial charge in [-0.2, -0.15) is 0 Å². The summed E-state index contributed by atoms with van der Waals surface area (Å²) >= 11 is 0. The highest BCUT2D eigenvalue weighted by Gasteiger charge is 2.30. The van der Waals surface area contributed by atoms with Crippen molar-refractivity contribution >= 4 is 26.8 Å². The topological polar surface area (TPSA) is 96.3 Å². The zero-order chi connectivity index (χ0) is 15.9. The van der Waals surface area contributed by atoms with Crippen molar-refractivity contribution in [1.82, 2.24) is 9.88 Å². The maximum atomic E-state index is 12.7. The lowest BCUT2D eigenvalue weighted by Gasteiger charge is -2.16. The molecule has 1 amide bonds. The van der Waals surface area contributed by atoms with Crippen LogP contribution in [-0.2, 0) is 10.0 Å². The third-order valence-electron chi connectivity index (χ3n) is 4.22. The highest BCUT2D eigenvalue weighted by atomic mass is 32.2. The zero-order valence-corrected chi connectivity index (χ0v) is 13.2. The molecule has 2 aromatic rings. The molecule has 0 bridgehead atoms. The number of carbonyl (C=O) groups excluding carboxylic acids is 1. The number of hydrogen-bond acceptors (Lipinski definition) is 3. The van der Waals surface area contributed by atoms with Crippen LogP contribution in [0.4, 0.5) is 0 Å². The molecule has 7 heteroatoms. The second-order valence-electron chi connectivity index (χ2n) is 5.91. The van der Waals surface area contributed by atoms with E-state index >= 15 is 0 Å². The number of primary sulfonamides is 1. The van der Waals surface area contributed by atoms with Gasteiger partial charge in [-0.1, -0.05) is 18.2 Å². The Morgan fingerprint density at radius 3 is 2.82 bits per heavy atom. The van der Waals surface area contributed by atoms with Gasteiger partial charge in [-0.05, 0) is 30.9 Å². The smallest absolute Gasteiger partial charge is 0.270 e. The molecule has 1 aromatic heterocycles. The third kappa shape index (κ3) is 2.86. The third-order valence-corrected chi connectivity index (χ3v) is 5.16. The molecule has 3 rings (SSSR count). The molecule has 2 heterocycles. The van der Waals surface area contributed by atoms with Crippen LogP contribution in [-0.4, -0.2) is 43.1 Å². The summed E-state index contributed by atoms with van der Waals surface area (Å²) in [5, 5.41) is 6.12. The van der Waals surface area contributed by atoms with E-state index in [2.05, 4.69) is 4.98 Å². The van der Waals surface area contributed by atoms with Gasteiger partial charge in [0.2, 0.25) is 10.0 Å². The number of nitrogens with zero attached hydrogens (tertiary/aromatic N) is 1. The van der Waals surface area contributed by atoms with Gasteiger partial charge in [-0.3, -0.25) is 4.79 Å². The Kier molecular flexibility index (Phi) is 3.70. The van der Waals surface area contributed by atoms with Crippen molar-refractivity contribution in [2.75, 3.05) is 18.8 Å². The first-order valence-corrected chi connectivity index (χ1v) is 8.94. The Morgan fingerprint density at radius 1 is 1.41 bits per heavy atom. The van der Waals surface area contributed by atoms with E-state index in [1.807, 2.05) is 31.2 Å². The number of carbonyl (C=O) groups is 1. The predicted octanol–water partition coefficient (Wildman–Crippen LogP) is 1.23. The van der Waals surface area contributed by atoms with Crippen LogP contribution in [0.2, 0.25) is 0 Å². The van der Waals surface area contributed by atoms with Crippen LogP contribution in [0.3, 0.4) is 0 Å². The molecule has 118 valence electrons. The van der Waals surface area contributed by atoms with E-state index in [0.29, 0.717) is 25.2 Å². The van der Waals surface area contributed by atoms with E-state index in [1.165, 1.54) is 0 Å². The van der Waals surface area contributed by atoms with Gasteiger partial charge in [-0.25, -0.2) is 13.6 Å². The monoisotopic (exact) mass is 321 g/mol. The fourth-order valence-corrected chi connectivity index (χ4v) is 4.07. The molecule has 1 aliphatic rings. The summed E-state index contributed by atoms with van der Waals surface area (Å²) in [5.74, 6) is -0.225. The lowest BCUT2D eigenvalue weighted by Crippen LogP contribution is -2.31. The number of nitrogens with one attached hydrogen (secondary N) is 1. The minimum atomic E-state index is -3.50. The van der Waals surface area contributed by atoms with E-state index < -0.39 is 10.0 Å². The number of rotatable bonds is 3. The van der Waals surface area contributed by atoms with Crippen LogP contribution in [0.5, 0.6) is 0 Å². The number of sulfonamides is 1. The molecule has 0 radical (unpaired) electrons. The average Bonchev–Trinajstić information content (AvgIpc) is 3.02. The Hall–Kier alpha value is -1.86. The first-order valence-electron chi connectivity index (χ1n) is 7.22. The number of aromatic amines is 1. The van der Waals surface area contributed by atoms with Crippen molar-refractivity contribution in [3.05, 3.63) is 35.5 Å². The quantitative estimate of drug-likeness (QED) is 0.890. The molecule has 1 aliphatic heterocycles.